The lowest BCUT2D eigenvalue weighted by molar-refractivity contribution is -0.120. The van der Waals surface area contributed by atoms with E-state index in [9.17, 15) is 4.79 Å². The first kappa shape index (κ1) is 22.6. The molecule has 0 aliphatic heterocycles. The number of rotatable bonds is 8. The van der Waals surface area contributed by atoms with Crippen LogP contribution >= 0.6 is 0 Å². The van der Waals surface area contributed by atoms with E-state index in [4.69, 9.17) is 9.97 Å². The van der Waals surface area contributed by atoms with Gasteiger partial charge in [-0.2, -0.15) is 4.98 Å². The Kier molecular flexibility index (Phi) is 7.61. The molecule has 32 heavy (non-hydrogen) atoms. The van der Waals surface area contributed by atoms with Gasteiger partial charge in [0.05, 0.1) is 5.52 Å². The lowest BCUT2D eigenvalue weighted by Crippen LogP contribution is -2.32. The average molecular weight is 436 g/mol. The van der Waals surface area contributed by atoms with Crippen molar-refractivity contribution in [2.75, 3.05) is 37.4 Å². The Bertz CT molecular complexity index is 946. The molecule has 2 aliphatic rings. The fourth-order valence-corrected chi connectivity index (χ4v) is 4.95. The molecule has 1 heterocycles. The summed E-state index contributed by atoms with van der Waals surface area (Å²) in [5.41, 5.74) is 2.30. The molecule has 0 bridgehead atoms. The van der Waals surface area contributed by atoms with E-state index in [-0.39, 0.29) is 5.91 Å². The Morgan fingerprint density at radius 2 is 1.78 bits per heavy atom. The first-order chi connectivity index (χ1) is 15.6. The summed E-state index contributed by atoms with van der Waals surface area (Å²) < 4.78 is 0. The third-order valence-corrected chi connectivity index (χ3v) is 6.88. The topological polar surface area (TPSA) is 70.2 Å². The maximum Gasteiger partial charge on any atom is 0.225 e. The number of aromatic nitrogens is 2. The summed E-state index contributed by atoms with van der Waals surface area (Å²) in [4.78, 5) is 23.8. The van der Waals surface area contributed by atoms with Crippen molar-refractivity contribution in [3.63, 3.8) is 0 Å². The summed E-state index contributed by atoms with van der Waals surface area (Å²) in [7, 11) is 4.04. The van der Waals surface area contributed by atoms with Crippen LogP contribution in [0.1, 0.15) is 57.8 Å². The number of para-hydroxylation sites is 1. The largest absolute Gasteiger partial charge is 0.362 e. The second-order valence-electron chi connectivity index (χ2n) is 9.64. The van der Waals surface area contributed by atoms with E-state index < -0.39 is 0 Å². The van der Waals surface area contributed by atoms with E-state index >= 15 is 0 Å². The molecule has 0 atom stereocenters. The summed E-state index contributed by atoms with van der Waals surface area (Å²) in [6.45, 7) is 1.73. The van der Waals surface area contributed by atoms with Crippen LogP contribution in [-0.4, -0.2) is 43.1 Å². The molecular weight excluding hydrogens is 398 g/mol. The van der Waals surface area contributed by atoms with Gasteiger partial charge >= 0.3 is 0 Å². The SMILES string of the molecule is CN(C)c1nc(NCC2CCC(CNC(=O)CC3=CCCCC3)CC2)nc2ccccc12. The summed E-state index contributed by atoms with van der Waals surface area (Å²) in [5.74, 6) is 3.09. The normalized spacial score (nSPS) is 21.1. The van der Waals surface area contributed by atoms with Gasteiger partial charge in [-0.1, -0.05) is 23.8 Å². The molecule has 2 N–H and O–H groups in total. The third kappa shape index (κ3) is 5.99. The molecule has 1 amide bonds. The first-order valence-corrected chi connectivity index (χ1v) is 12.2. The summed E-state index contributed by atoms with van der Waals surface area (Å²) in [5, 5.41) is 7.75. The van der Waals surface area contributed by atoms with E-state index in [1.165, 1.54) is 44.1 Å². The van der Waals surface area contributed by atoms with Gasteiger partial charge in [0.25, 0.3) is 0 Å². The molecule has 2 aliphatic carbocycles. The number of fused-ring (bicyclic) bond motifs is 1. The highest BCUT2D eigenvalue weighted by molar-refractivity contribution is 5.90. The predicted molar refractivity (Wildman–Crippen MR) is 132 cm³/mol. The number of amides is 1. The van der Waals surface area contributed by atoms with Crippen LogP contribution in [0, 0.1) is 11.8 Å². The molecule has 4 rings (SSSR count). The number of nitrogens with zero attached hydrogens (tertiary/aromatic N) is 3. The highest BCUT2D eigenvalue weighted by Gasteiger charge is 2.22. The molecule has 0 spiro atoms. The van der Waals surface area contributed by atoms with Crippen LogP contribution in [0.2, 0.25) is 0 Å². The molecule has 2 aromatic rings. The molecule has 1 saturated carbocycles. The van der Waals surface area contributed by atoms with Gasteiger partial charge in [0.15, 0.2) is 0 Å². The Hall–Kier alpha value is -2.63. The second-order valence-corrected chi connectivity index (χ2v) is 9.64. The summed E-state index contributed by atoms with van der Waals surface area (Å²) >= 11 is 0. The first-order valence-electron chi connectivity index (χ1n) is 12.2. The molecule has 6 nitrogen and oxygen atoms in total. The van der Waals surface area contributed by atoms with Crippen LogP contribution in [0.15, 0.2) is 35.9 Å². The van der Waals surface area contributed by atoms with E-state index in [0.717, 1.165) is 42.7 Å². The van der Waals surface area contributed by atoms with Gasteiger partial charge in [0, 0.05) is 39.0 Å². The number of carbonyl (C=O) groups excluding carboxylic acids is 1. The van der Waals surface area contributed by atoms with Crippen LogP contribution in [0.5, 0.6) is 0 Å². The Morgan fingerprint density at radius 3 is 2.50 bits per heavy atom. The highest BCUT2D eigenvalue weighted by atomic mass is 16.1. The van der Waals surface area contributed by atoms with Crippen molar-refractivity contribution < 1.29 is 4.79 Å². The minimum Gasteiger partial charge on any atom is -0.362 e. The van der Waals surface area contributed by atoms with Gasteiger partial charge < -0.3 is 15.5 Å². The van der Waals surface area contributed by atoms with Gasteiger partial charge in [-0.25, -0.2) is 4.98 Å². The number of hydrogen-bond donors (Lipinski definition) is 2. The fraction of sp³-hybridized carbons (Fsp3) is 0.577. The fourth-order valence-electron chi connectivity index (χ4n) is 4.95. The van der Waals surface area contributed by atoms with Crippen LogP contribution in [0.25, 0.3) is 10.9 Å². The minimum atomic E-state index is 0.201. The van der Waals surface area contributed by atoms with Crippen molar-refractivity contribution in [2.24, 2.45) is 11.8 Å². The summed E-state index contributed by atoms with van der Waals surface area (Å²) in [6.07, 6.45) is 12.3. The lowest BCUT2D eigenvalue weighted by Gasteiger charge is -2.29. The van der Waals surface area contributed by atoms with Gasteiger partial charge in [-0.15, -0.1) is 0 Å². The lowest BCUT2D eigenvalue weighted by atomic mass is 9.82. The molecule has 172 valence electrons. The maximum absolute atomic E-state index is 12.3. The molecule has 0 saturated heterocycles. The van der Waals surface area contributed by atoms with Crippen molar-refractivity contribution in [3.8, 4) is 0 Å². The van der Waals surface area contributed by atoms with Crippen molar-refractivity contribution in [1.82, 2.24) is 15.3 Å². The zero-order valence-corrected chi connectivity index (χ0v) is 19.6. The van der Waals surface area contributed by atoms with Crippen LogP contribution < -0.4 is 15.5 Å². The molecular formula is C26H37N5O. The van der Waals surface area contributed by atoms with Gasteiger partial charge in [0.2, 0.25) is 11.9 Å². The van der Waals surface area contributed by atoms with Crippen molar-refractivity contribution in [3.05, 3.63) is 35.9 Å². The highest BCUT2D eigenvalue weighted by Crippen LogP contribution is 2.29. The predicted octanol–water partition coefficient (Wildman–Crippen LogP) is 4.92. The van der Waals surface area contributed by atoms with Crippen LogP contribution in [0.4, 0.5) is 11.8 Å². The number of nitrogens with one attached hydrogen (secondary N) is 2. The summed E-state index contributed by atoms with van der Waals surface area (Å²) in [6, 6.07) is 8.16. The zero-order valence-electron chi connectivity index (χ0n) is 19.6. The molecule has 1 aromatic carbocycles. The quantitative estimate of drug-likeness (QED) is 0.576. The smallest absolute Gasteiger partial charge is 0.225 e. The average Bonchev–Trinajstić information content (AvgIpc) is 2.82. The number of carbonyl (C=O) groups is 1. The molecule has 0 radical (unpaired) electrons. The molecule has 1 aromatic heterocycles. The van der Waals surface area contributed by atoms with Crippen molar-refractivity contribution in [2.45, 2.75) is 57.8 Å². The van der Waals surface area contributed by atoms with E-state index in [2.05, 4.69) is 22.8 Å². The second kappa shape index (κ2) is 10.8. The van der Waals surface area contributed by atoms with E-state index in [1.807, 2.05) is 37.2 Å². The van der Waals surface area contributed by atoms with Crippen molar-refractivity contribution in [1.29, 1.82) is 0 Å². The Balaban J connectivity index is 1.21. The Labute approximate surface area is 191 Å². The molecule has 6 heteroatoms. The van der Waals surface area contributed by atoms with E-state index in [0.29, 0.717) is 24.2 Å². The Morgan fingerprint density at radius 1 is 1.03 bits per heavy atom. The molecule has 1 fully saturated rings. The van der Waals surface area contributed by atoms with E-state index in [1.54, 1.807) is 0 Å². The van der Waals surface area contributed by atoms with Gasteiger partial charge in [-0.05, 0) is 75.3 Å². The van der Waals surface area contributed by atoms with Gasteiger partial charge in [0.1, 0.15) is 5.82 Å². The zero-order chi connectivity index (χ0) is 22.3. The number of allylic oxidation sites excluding steroid dienone is 1. The monoisotopic (exact) mass is 435 g/mol. The van der Waals surface area contributed by atoms with Crippen LogP contribution in [-0.2, 0) is 4.79 Å². The minimum absolute atomic E-state index is 0.201. The number of benzene rings is 1. The third-order valence-electron chi connectivity index (χ3n) is 6.88. The van der Waals surface area contributed by atoms with Gasteiger partial charge in [-0.3, -0.25) is 4.79 Å². The van der Waals surface area contributed by atoms with Crippen molar-refractivity contribution >= 4 is 28.6 Å². The maximum atomic E-state index is 12.3. The molecule has 0 unspecified atom stereocenters. The number of hydrogen-bond acceptors (Lipinski definition) is 5. The van der Waals surface area contributed by atoms with Crippen LogP contribution in [0.3, 0.4) is 0 Å². The number of anilines is 2. The standard InChI is InChI=1S/C26H37N5O/c1-31(2)25-22-10-6-7-11-23(22)29-26(30-25)28-18-21-14-12-20(13-15-21)17-27-24(32)16-19-8-4-3-5-9-19/h6-8,10-11,20-21H,3-5,9,12-18H2,1-2H3,(H,27,32)(H,28,29,30).